The van der Waals surface area contributed by atoms with Gasteiger partial charge in [-0.15, -0.1) is 0 Å². The van der Waals surface area contributed by atoms with E-state index < -0.39 is 22.6 Å². The van der Waals surface area contributed by atoms with Gasteiger partial charge >= 0.3 is 5.97 Å². The van der Waals surface area contributed by atoms with Crippen LogP contribution in [-0.4, -0.2) is 44.5 Å². The number of carboxylic acids is 1. The zero-order valence-corrected chi connectivity index (χ0v) is 8.42. The van der Waals surface area contributed by atoms with Gasteiger partial charge in [0.05, 0.1) is 11.9 Å². The third kappa shape index (κ3) is 4.03. The second-order valence-corrected chi connectivity index (χ2v) is 5.13. The average Bonchev–Trinajstić information content (AvgIpc) is 2.84. The fraction of sp³-hybridized carbons (Fsp3) is 0.857. The molecule has 1 fully saturated rings. The number of nitrogens with one attached hydrogen (secondary N) is 1. The number of hydrogen-bond donors (Lipinski definition) is 2. The molecule has 0 saturated heterocycles. The highest BCUT2D eigenvalue weighted by molar-refractivity contribution is 7.90. The Labute approximate surface area is 82.3 Å². The lowest BCUT2D eigenvalue weighted by Crippen LogP contribution is -2.30. The molecular weight excluding hydrogens is 210 g/mol. The van der Waals surface area contributed by atoms with E-state index in [1.165, 1.54) is 0 Å². The molecule has 0 unspecified atom stereocenters. The smallest absolute Gasteiger partial charge is 0.329 e. The number of sulfonamides is 1. The van der Waals surface area contributed by atoms with Crippen LogP contribution in [0.1, 0.15) is 12.8 Å². The van der Waals surface area contributed by atoms with Gasteiger partial charge in [0.15, 0.2) is 0 Å². The molecule has 0 atom stereocenters. The molecular formula is C7H13NO5S. The Balaban J connectivity index is 2.06. The van der Waals surface area contributed by atoms with Crippen molar-refractivity contribution >= 4 is 16.0 Å². The molecule has 0 aromatic rings. The van der Waals surface area contributed by atoms with Crippen molar-refractivity contribution in [3.05, 3.63) is 0 Å². The summed E-state index contributed by atoms with van der Waals surface area (Å²) in [4.78, 5) is 10.0. The lowest BCUT2D eigenvalue weighted by atomic mass is 10.7. The predicted molar refractivity (Wildman–Crippen MR) is 48.4 cm³/mol. The first-order valence-electron chi connectivity index (χ1n) is 4.30. The Morgan fingerprint density at radius 1 is 1.50 bits per heavy atom. The maximum absolute atomic E-state index is 11.2. The number of ether oxygens (including phenoxy) is 1. The van der Waals surface area contributed by atoms with Gasteiger partial charge in [-0.1, -0.05) is 0 Å². The van der Waals surface area contributed by atoms with E-state index in [-0.39, 0.29) is 18.4 Å². The zero-order chi connectivity index (χ0) is 10.6. The van der Waals surface area contributed by atoms with Crippen molar-refractivity contribution in [1.82, 2.24) is 4.72 Å². The summed E-state index contributed by atoms with van der Waals surface area (Å²) < 4.78 is 29.4. The Kier molecular flexibility index (Phi) is 3.85. The molecule has 1 aliphatic carbocycles. The first kappa shape index (κ1) is 11.4. The molecule has 0 spiro atoms. The van der Waals surface area contributed by atoms with Crippen LogP contribution in [0.5, 0.6) is 0 Å². The molecule has 1 aliphatic rings. The summed E-state index contributed by atoms with van der Waals surface area (Å²) in [6.45, 7) is -0.185. The predicted octanol–water partition coefficient (Wildman–Crippen LogP) is -0.831. The van der Waals surface area contributed by atoms with Gasteiger partial charge in [-0.05, 0) is 12.8 Å². The lowest BCUT2D eigenvalue weighted by molar-refractivity contribution is -0.142. The van der Waals surface area contributed by atoms with E-state index in [4.69, 9.17) is 5.11 Å². The van der Waals surface area contributed by atoms with E-state index >= 15 is 0 Å². The minimum atomic E-state index is -3.17. The van der Waals surface area contributed by atoms with E-state index in [1.807, 2.05) is 0 Å². The third-order valence-electron chi connectivity index (χ3n) is 1.74. The van der Waals surface area contributed by atoms with Gasteiger partial charge in [0.25, 0.3) is 0 Å². The van der Waals surface area contributed by atoms with E-state index in [2.05, 4.69) is 9.46 Å². The lowest BCUT2D eigenvalue weighted by Gasteiger charge is -2.04. The van der Waals surface area contributed by atoms with E-state index in [9.17, 15) is 13.2 Å². The van der Waals surface area contributed by atoms with Crippen LogP contribution in [0.3, 0.4) is 0 Å². The maximum atomic E-state index is 11.2. The van der Waals surface area contributed by atoms with E-state index in [0.717, 1.165) is 0 Å². The molecule has 0 radical (unpaired) electrons. The molecule has 0 bridgehead atoms. The molecule has 0 amide bonds. The molecule has 1 saturated carbocycles. The van der Waals surface area contributed by atoms with E-state index in [1.54, 1.807) is 0 Å². The summed E-state index contributed by atoms with van der Waals surface area (Å²) in [7, 11) is -3.17. The molecule has 6 nitrogen and oxygen atoms in total. The first-order valence-corrected chi connectivity index (χ1v) is 5.85. The van der Waals surface area contributed by atoms with Crippen molar-refractivity contribution in [3.63, 3.8) is 0 Å². The molecule has 14 heavy (non-hydrogen) atoms. The van der Waals surface area contributed by atoms with E-state index in [0.29, 0.717) is 12.8 Å². The van der Waals surface area contributed by atoms with Crippen LogP contribution >= 0.6 is 0 Å². The fourth-order valence-electron chi connectivity index (χ4n) is 0.912. The number of aliphatic carboxylic acids is 1. The van der Waals surface area contributed by atoms with Gasteiger partial charge in [0.1, 0.15) is 6.61 Å². The van der Waals surface area contributed by atoms with Crippen LogP contribution in [0.15, 0.2) is 0 Å². The summed E-state index contributed by atoms with van der Waals surface area (Å²) in [5.41, 5.74) is 0. The Hall–Kier alpha value is -0.660. The Bertz CT molecular complexity index is 295. The quantitative estimate of drug-likeness (QED) is 0.549. The van der Waals surface area contributed by atoms with Crippen LogP contribution < -0.4 is 4.72 Å². The minimum absolute atomic E-state index is 0.0816. The van der Waals surface area contributed by atoms with Crippen LogP contribution in [0.2, 0.25) is 0 Å². The fourth-order valence-corrected chi connectivity index (χ4v) is 2.27. The molecule has 0 aliphatic heterocycles. The van der Waals surface area contributed by atoms with Crippen molar-refractivity contribution in [2.75, 3.05) is 19.8 Å². The van der Waals surface area contributed by atoms with Gasteiger partial charge in [-0.2, -0.15) is 0 Å². The van der Waals surface area contributed by atoms with Crippen molar-refractivity contribution in [2.24, 2.45) is 0 Å². The summed E-state index contributed by atoms with van der Waals surface area (Å²) in [5.74, 6) is -1.06. The topological polar surface area (TPSA) is 92.7 Å². The number of hydrogen-bond acceptors (Lipinski definition) is 4. The van der Waals surface area contributed by atoms with Gasteiger partial charge in [0.2, 0.25) is 10.0 Å². The number of carbonyl (C=O) groups is 1. The van der Waals surface area contributed by atoms with Crippen molar-refractivity contribution in [1.29, 1.82) is 0 Å². The Morgan fingerprint density at radius 2 is 2.14 bits per heavy atom. The van der Waals surface area contributed by atoms with Crippen LogP contribution in [0.4, 0.5) is 0 Å². The van der Waals surface area contributed by atoms with Crippen molar-refractivity contribution in [2.45, 2.75) is 18.1 Å². The highest BCUT2D eigenvalue weighted by atomic mass is 32.2. The van der Waals surface area contributed by atoms with Gasteiger partial charge in [-0.3, -0.25) is 0 Å². The third-order valence-corrected chi connectivity index (χ3v) is 3.69. The summed E-state index contributed by atoms with van der Waals surface area (Å²) in [5, 5.41) is 7.96. The molecule has 82 valence electrons. The monoisotopic (exact) mass is 223 g/mol. The summed E-state index contributed by atoms with van der Waals surface area (Å²) in [6, 6.07) is 0. The van der Waals surface area contributed by atoms with Gasteiger partial charge in [-0.25, -0.2) is 17.9 Å². The largest absolute Gasteiger partial charge is 0.480 e. The maximum Gasteiger partial charge on any atom is 0.329 e. The molecule has 0 aromatic heterocycles. The second-order valence-electron chi connectivity index (χ2n) is 3.09. The number of rotatable bonds is 7. The standard InChI is InChI=1S/C7H13NO5S/c9-7(10)5-13-4-3-8-14(11,12)6-1-2-6/h6,8H,1-5H2,(H,9,10). The Morgan fingerprint density at radius 3 is 2.64 bits per heavy atom. The summed E-state index contributed by atoms with van der Waals surface area (Å²) >= 11 is 0. The molecule has 7 heteroatoms. The number of carboxylic acid groups (broad SMARTS) is 1. The molecule has 1 rings (SSSR count). The summed E-state index contributed by atoms with van der Waals surface area (Å²) in [6.07, 6.45) is 1.43. The zero-order valence-electron chi connectivity index (χ0n) is 7.60. The normalized spacial score (nSPS) is 16.9. The van der Waals surface area contributed by atoms with Crippen LogP contribution in [-0.2, 0) is 19.6 Å². The van der Waals surface area contributed by atoms with Gasteiger partial charge in [0, 0.05) is 6.54 Å². The first-order chi connectivity index (χ1) is 6.52. The van der Waals surface area contributed by atoms with Crippen LogP contribution in [0, 0.1) is 0 Å². The van der Waals surface area contributed by atoms with Crippen molar-refractivity contribution < 1.29 is 23.1 Å². The van der Waals surface area contributed by atoms with Gasteiger partial charge < -0.3 is 9.84 Å². The van der Waals surface area contributed by atoms with Crippen LogP contribution in [0.25, 0.3) is 0 Å². The SMILES string of the molecule is O=C(O)COCCNS(=O)(=O)C1CC1. The molecule has 2 N–H and O–H groups in total. The minimum Gasteiger partial charge on any atom is -0.480 e. The molecule has 0 heterocycles. The average molecular weight is 223 g/mol. The van der Waals surface area contributed by atoms with Crippen molar-refractivity contribution in [3.8, 4) is 0 Å². The highest BCUT2D eigenvalue weighted by Crippen LogP contribution is 2.27. The second kappa shape index (κ2) is 4.72. The molecule has 0 aromatic carbocycles. The highest BCUT2D eigenvalue weighted by Gasteiger charge is 2.35.